The van der Waals surface area contributed by atoms with Gasteiger partial charge in [-0.3, -0.25) is 0 Å². The molecule has 0 bridgehead atoms. The predicted octanol–water partition coefficient (Wildman–Crippen LogP) is 1.35. The lowest BCUT2D eigenvalue weighted by atomic mass is 10.1. The van der Waals surface area contributed by atoms with Crippen molar-refractivity contribution in [3.63, 3.8) is 0 Å². The number of nitrogens with two attached hydrogens (primary N) is 1. The van der Waals surface area contributed by atoms with E-state index in [1.54, 1.807) is 0 Å². The van der Waals surface area contributed by atoms with Gasteiger partial charge in [0, 0.05) is 6.54 Å². The zero-order valence-corrected chi connectivity index (χ0v) is 8.67. The van der Waals surface area contributed by atoms with Crippen LogP contribution in [0.25, 0.3) is 0 Å². The average Bonchev–Trinajstić information content (AvgIpc) is 2.78. The Labute approximate surface area is 88.7 Å². The van der Waals surface area contributed by atoms with Crippen molar-refractivity contribution in [2.75, 3.05) is 0 Å². The molecule has 15 heavy (non-hydrogen) atoms. The van der Waals surface area contributed by atoms with Crippen LogP contribution in [0.3, 0.4) is 0 Å². The third kappa shape index (κ3) is 2.05. The Hall–Kier alpha value is -1.68. The maximum atomic E-state index is 5.49. The fourth-order valence-electron chi connectivity index (χ4n) is 1.48. The molecule has 0 saturated carbocycles. The summed E-state index contributed by atoms with van der Waals surface area (Å²) < 4.78 is 1.83. The minimum Gasteiger partial charge on any atom is -0.325 e. The lowest BCUT2D eigenvalue weighted by Crippen LogP contribution is -2.07. The second kappa shape index (κ2) is 4.23. The molecule has 0 saturated heterocycles. The molecule has 1 atom stereocenters. The predicted molar refractivity (Wildman–Crippen MR) is 58.2 cm³/mol. The van der Waals surface area contributed by atoms with E-state index in [0.29, 0.717) is 6.54 Å². The summed E-state index contributed by atoms with van der Waals surface area (Å²) in [5.74, 6) is 0. The number of benzene rings is 1. The lowest BCUT2D eigenvalue weighted by Gasteiger charge is -2.10. The Bertz CT molecular complexity index is 421. The molecule has 0 aliphatic carbocycles. The first-order valence-corrected chi connectivity index (χ1v) is 4.97. The highest BCUT2D eigenvalue weighted by Crippen LogP contribution is 2.15. The summed E-state index contributed by atoms with van der Waals surface area (Å²) in [4.78, 5) is 0. The van der Waals surface area contributed by atoms with Crippen LogP contribution in [0, 0.1) is 0 Å². The van der Waals surface area contributed by atoms with Crippen LogP contribution in [0.2, 0.25) is 0 Å². The summed E-state index contributed by atoms with van der Waals surface area (Å²) in [6.07, 6.45) is 1.89. The normalized spacial score (nSPS) is 12.7. The van der Waals surface area contributed by atoms with Gasteiger partial charge in [0.25, 0.3) is 0 Å². The molecule has 1 aromatic heterocycles. The molecule has 2 N–H and O–H groups in total. The van der Waals surface area contributed by atoms with E-state index >= 15 is 0 Å². The maximum Gasteiger partial charge on any atom is 0.0962 e. The zero-order valence-electron chi connectivity index (χ0n) is 8.67. The molecule has 0 spiro atoms. The highest BCUT2D eigenvalue weighted by atomic mass is 15.4. The van der Waals surface area contributed by atoms with Crippen molar-refractivity contribution in [2.24, 2.45) is 5.73 Å². The van der Waals surface area contributed by atoms with E-state index in [-0.39, 0.29) is 6.04 Å². The fraction of sp³-hybridized carbons (Fsp3) is 0.273. The summed E-state index contributed by atoms with van der Waals surface area (Å²) in [5, 5.41) is 8.02. The molecule has 0 fully saturated rings. The molecule has 0 amide bonds. The van der Waals surface area contributed by atoms with Gasteiger partial charge in [0.15, 0.2) is 0 Å². The van der Waals surface area contributed by atoms with Gasteiger partial charge >= 0.3 is 0 Å². The van der Waals surface area contributed by atoms with Gasteiger partial charge in [0.2, 0.25) is 0 Å². The van der Waals surface area contributed by atoms with Crippen LogP contribution in [0.4, 0.5) is 0 Å². The summed E-state index contributed by atoms with van der Waals surface area (Å²) in [6, 6.07) is 10.4. The first kappa shape index (κ1) is 9.86. The standard InChI is InChI=1S/C11H14N4/c1-9(10-5-3-2-4-6-10)15-8-11(7-12)13-14-15/h2-6,8-9H,7,12H2,1H3. The fourth-order valence-corrected chi connectivity index (χ4v) is 1.48. The molecule has 78 valence electrons. The molecule has 1 heterocycles. The highest BCUT2D eigenvalue weighted by Gasteiger charge is 2.08. The quantitative estimate of drug-likeness (QED) is 0.817. The summed E-state index contributed by atoms with van der Waals surface area (Å²) in [7, 11) is 0. The molecule has 1 unspecified atom stereocenters. The number of hydrogen-bond donors (Lipinski definition) is 1. The Balaban J connectivity index is 2.24. The van der Waals surface area contributed by atoms with E-state index in [1.165, 1.54) is 5.56 Å². The van der Waals surface area contributed by atoms with Gasteiger partial charge in [-0.05, 0) is 12.5 Å². The van der Waals surface area contributed by atoms with Crippen molar-refractivity contribution in [1.82, 2.24) is 15.0 Å². The number of hydrogen-bond acceptors (Lipinski definition) is 3. The molecule has 1 aromatic carbocycles. The minimum atomic E-state index is 0.194. The van der Waals surface area contributed by atoms with E-state index < -0.39 is 0 Å². The largest absolute Gasteiger partial charge is 0.325 e. The van der Waals surface area contributed by atoms with Crippen molar-refractivity contribution in [2.45, 2.75) is 19.5 Å². The van der Waals surface area contributed by atoms with E-state index in [9.17, 15) is 0 Å². The molecular weight excluding hydrogens is 188 g/mol. The maximum absolute atomic E-state index is 5.49. The summed E-state index contributed by atoms with van der Waals surface area (Å²) in [5.41, 5.74) is 7.52. The Kier molecular flexibility index (Phi) is 2.78. The molecule has 0 aliphatic heterocycles. The van der Waals surface area contributed by atoms with Crippen LogP contribution in [0.1, 0.15) is 24.2 Å². The van der Waals surface area contributed by atoms with Gasteiger partial charge < -0.3 is 5.73 Å². The number of rotatable bonds is 3. The molecule has 2 rings (SSSR count). The zero-order chi connectivity index (χ0) is 10.7. The van der Waals surface area contributed by atoms with Gasteiger partial charge in [-0.25, -0.2) is 4.68 Å². The van der Waals surface area contributed by atoms with Crippen LogP contribution in [-0.2, 0) is 6.54 Å². The van der Waals surface area contributed by atoms with Gasteiger partial charge in [0.1, 0.15) is 0 Å². The lowest BCUT2D eigenvalue weighted by molar-refractivity contribution is 0.543. The first-order chi connectivity index (χ1) is 7.31. The second-order valence-corrected chi connectivity index (χ2v) is 3.48. The van der Waals surface area contributed by atoms with Gasteiger partial charge in [-0.15, -0.1) is 5.10 Å². The van der Waals surface area contributed by atoms with Gasteiger partial charge in [-0.2, -0.15) is 0 Å². The van der Waals surface area contributed by atoms with Crippen LogP contribution in [-0.4, -0.2) is 15.0 Å². The van der Waals surface area contributed by atoms with Crippen molar-refractivity contribution in [3.05, 3.63) is 47.8 Å². The third-order valence-corrected chi connectivity index (χ3v) is 2.45. The van der Waals surface area contributed by atoms with Crippen molar-refractivity contribution in [3.8, 4) is 0 Å². The van der Waals surface area contributed by atoms with E-state index in [2.05, 4.69) is 29.4 Å². The Morgan fingerprint density at radius 1 is 1.33 bits per heavy atom. The molecular formula is C11H14N4. The average molecular weight is 202 g/mol. The van der Waals surface area contributed by atoms with E-state index in [0.717, 1.165) is 5.69 Å². The van der Waals surface area contributed by atoms with Crippen LogP contribution < -0.4 is 5.73 Å². The summed E-state index contributed by atoms with van der Waals surface area (Å²) in [6.45, 7) is 2.52. The van der Waals surface area contributed by atoms with Crippen molar-refractivity contribution in [1.29, 1.82) is 0 Å². The first-order valence-electron chi connectivity index (χ1n) is 4.97. The van der Waals surface area contributed by atoms with Crippen LogP contribution in [0.15, 0.2) is 36.5 Å². The smallest absolute Gasteiger partial charge is 0.0962 e. The highest BCUT2D eigenvalue weighted by molar-refractivity contribution is 5.18. The van der Waals surface area contributed by atoms with E-state index in [1.807, 2.05) is 29.1 Å². The van der Waals surface area contributed by atoms with E-state index in [4.69, 9.17) is 5.73 Å². The van der Waals surface area contributed by atoms with Crippen LogP contribution >= 0.6 is 0 Å². The number of nitrogens with zero attached hydrogens (tertiary/aromatic N) is 3. The van der Waals surface area contributed by atoms with Gasteiger partial charge in [0.05, 0.1) is 17.9 Å². The molecule has 4 heteroatoms. The van der Waals surface area contributed by atoms with Crippen LogP contribution in [0.5, 0.6) is 0 Å². The minimum absolute atomic E-state index is 0.194. The SMILES string of the molecule is CC(c1ccccc1)n1cc(CN)nn1. The van der Waals surface area contributed by atoms with Crippen molar-refractivity contribution < 1.29 is 0 Å². The molecule has 0 aliphatic rings. The Morgan fingerprint density at radius 3 is 2.67 bits per heavy atom. The van der Waals surface area contributed by atoms with Crippen molar-refractivity contribution >= 4 is 0 Å². The molecule has 4 nitrogen and oxygen atoms in total. The monoisotopic (exact) mass is 202 g/mol. The third-order valence-electron chi connectivity index (χ3n) is 2.45. The second-order valence-electron chi connectivity index (χ2n) is 3.48. The molecule has 0 radical (unpaired) electrons. The molecule has 2 aromatic rings. The summed E-state index contributed by atoms with van der Waals surface area (Å²) >= 11 is 0. The van der Waals surface area contributed by atoms with Gasteiger partial charge in [-0.1, -0.05) is 35.5 Å². The topological polar surface area (TPSA) is 56.7 Å². The number of aromatic nitrogens is 3. The Morgan fingerprint density at radius 2 is 2.07 bits per heavy atom.